The third kappa shape index (κ3) is 3.52. The summed E-state index contributed by atoms with van der Waals surface area (Å²) in [6.45, 7) is 11.7. The summed E-state index contributed by atoms with van der Waals surface area (Å²) in [4.78, 5) is 0. The second-order valence-corrected chi connectivity index (χ2v) is 8.79. The predicted octanol–water partition coefficient (Wildman–Crippen LogP) is 7.51. The first-order chi connectivity index (χ1) is 11.0. The van der Waals surface area contributed by atoms with Crippen molar-refractivity contribution in [1.82, 2.24) is 0 Å². The highest BCUT2D eigenvalue weighted by Gasteiger charge is 2.31. The fraction of sp³-hybridized carbons (Fsp3) is 0.739. The minimum atomic E-state index is 0. The average Bonchev–Trinajstić information content (AvgIpc) is 2.57. The number of rotatable bonds is 2. The summed E-state index contributed by atoms with van der Waals surface area (Å²) in [5.41, 5.74) is 7.76. The van der Waals surface area contributed by atoms with E-state index in [1.165, 1.54) is 68.1 Å². The molecule has 132 valence electrons. The fourth-order valence-corrected chi connectivity index (χ4v) is 5.33. The van der Waals surface area contributed by atoms with E-state index in [1.54, 1.807) is 11.1 Å². The van der Waals surface area contributed by atoms with Crippen molar-refractivity contribution in [1.29, 1.82) is 0 Å². The van der Waals surface area contributed by atoms with E-state index in [4.69, 9.17) is 0 Å². The van der Waals surface area contributed by atoms with Crippen molar-refractivity contribution in [3.05, 3.63) is 33.9 Å². The van der Waals surface area contributed by atoms with Gasteiger partial charge in [0.15, 0.2) is 0 Å². The summed E-state index contributed by atoms with van der Waals surface area (Å²) in [7, 11) is 0. The van der Waals surface area contributed by atoms with Gasteiger partial charge in [0, 0.05) is 2.85 Å². The van der Waals surface area contributed by atoms with E-state index in [-0.39, 0.29) is 2.85 Å². The normalized spacial score (nSPS) is 32.0. The Morgan fingerprint density at radius 2 is 1.22 bits per heavy atom. The molecule has 3 rings (SSSR count). The van der Waals surface area contributed by atoms with Crippen molar-refractivity contribution in [3.63, 3.8) is 0 Å². The van der Waals surface area contributed by atoms with Gasteiger partial charge in [-0.25, -0.2) is 0 Å². The molecule has 2 aliphatic rings. The van der Waals surface area contributed by atoms with Crippen LogP contribution in [0.1, 0.15) is 94.9 Å². The second-order valence-electron chi connectivity index (χ2n) is 8.79. The molecule has 0 N–H and O–H groups in total. The Morgan fingerprint density at radius 3 is 1.78 bits per heavy atom. The monoisotopic (exact) mass is 316 g/mol. The highest BCUT2D eigenvalue weighted by atomic mass is 14.4. The van der Waals surface area contributed by atoms with Crippen molar-refractivity contribution in [2.24, 2.45) is 17.8 Å². The maximum atomic E-state index is 2.50. The molecule has 23 heavy (non-hydrogen) atoms. The largest absolute Gasteiger partial charge is 0.0625 e. The Kier molecular flexibility index (Phi) is 5.19. The zero-order chi connectivity index (χ0) is 16.6. The van der Waals surface area contributed by atoms with Gasteiger partial charge in [-0.2, -0.15) is 0 Å². The van der Waals surface area contributed by atoms with E-state index >= 15 is 0 Å². The van der Waals surface area contributed by atoms with E-state index < -0.39 is 0 Å². The van der Waals surface area contributed by atoms with Gasteiger partial charge < -0.3 is 0 Å². The van der Waals surface area contributed by atoms with E-state index in [9.17, 15) is 0 Å². The van der Waals surface area contributed by atoms with Crippen LogP contribution in [0.2, 0.25) is 0 Å². The van der Waals surface area contributed by atoms with Crippen LogP contribution in [0.25, 0.3) is 0 Å². The molecule has 0 bridgehead atoms. The number of benzene rings is 1. The van der Waals surface area contributed by atoms with Crippen LogP contribution in [0.15, 0.2) is 6.07 Å². The van der Waals surface area contributed by atoms with Gasteiger partial charge in [0.2, 0.25) is 0 Å². The van der Waals surface area contributed by atoms with Crippen molar-refractivity contribution in [2.75, 3.05) is 0 Å². The molecule has 2 fully saturated rings. The van der Waals surface area contributed by atoms with Crippen molar-refractivity contribution < 1.29 is 2.85 Å². The third-order valence-corrected chi connectivity index (χ3v) is 7.46. The smallest absolute Gasteiger partial charge is 0 e. The Morgan fingerprint density at radius 1 is 0.696 bits per heavy atom. The van der Waals surface area contributed by atoms with Gasteiger partial charge in [-0.05, 0) is 118 Å². The quantitative estimate of drug-likeness (QED) is 0.529. The zero-order valence-corrected chi connectivity index (χ0v) is 16.0. The predicted molar refractivity (Wildman–Crippen MR) is 105 cm³/mol. The Labute approximate surface area is 147 Å². The first-order valence-electron chi connectivity index (χ1n) is 10.0. The van der Waals surface area contributed by atoms with Crippen LogP contribution in [0, 0.1) is 45.4 Å². The lowest BCUT2D eigenvalue weighted by Gasteiger charge is -2.38. The molecule has 0 amide bonds. The maximum Gasteiger partial charge on any atom is 0 e. The van der Waals surface area contributed by atoms with Crippen molar-refractivity contribution in [2.45, 2.75) is 91.9 Å². The molecule has 0 atom stereocenters. The Hall–Kier alpha value is -0.780. The average molecular weight is 317 g/mol. The molecular weight excluding hydrogens is 276 g/mol. The lowest BCUT2D eigenvalue weighted by Crippen LogP contribution is -2.25. The van der Waals surface area contributed by atoms with E-state index in [0.717, 1.165) is 23.7 Å². The van der Waals surface area contributed by atoms with Gasteiger partial charge in [-0.3, -0.25) is 0 Å². The standard InChI is InChI=1S/C23H36.2H2/c1-15-6-8-20(9-7-15)21-10-12-22(13-11-21)23-14-16(2)17(3)18(4)19(23)5;;/h14-15,20-22H,6-13H2,1-5H3;2*1H. The summed E-state index contributed by atoms with van der Waals surface area (Å²) in [6, 6.07) is 2.50. The molecule has 1 aromatic carbocycles. The zero-order valence-electron chi connectivity index (χ0n) is 16.0. The van der Waals surface area contributed by atoms with Gasteiger partial charge in [-0.15, -0.1) is 0 Å². The minimum absolute atomic E-state index is 0. The molecule has 0 saturated heterocycles. The van der Waals surface area contributed by atoms with Crippen LogP contribution < -0.4 is 0 Å². The van der Waals surface area contributed by atoms with Gasteiger partial charge >= 0.3 is 0 Å². The summed E-state index contributed by atoms with van der Waals surface area (Å²) < 4.78 is 0. The van der Waals surface area contributed by atoms with Crippen LogP contribution in [-0.4, -0.2) is 0 Å². The highest BCUT2D eigenvalue weighted by Crippen LogP contribution is 2.44. The molecule has 1 aromatic rings. The molecule has 0 radical (unpaired) electrons. The first kappa shape index (κ1) is 17.1. The summed E-state index contributed by atoms with van der Waals surface area (Å²) in [6.07, 6.45) is 11.8. The number of aryl methyl sites for hydroxylation is 1. The Balaban J connectivity index is 0.00000156. The summed E-state index contributed by atoms with van der Waals surface area (Å²) >= 11 is 0. The molecule has 0 unspecified atom stereocenters. The molecule has 0 heteroatoms. The molecule has 0 nitrogen and oxygen atoms in total. The van der Waals surface area contributed by atoms with E-state index in [2.05, 4.69) is 40.7 Å². The van der Waals surface area contributed by atoms with Crippen molar-refractivity contribution in [3.8, 4) is 0 Å². The molecule has 0 heterocycles. The van der Waals surface area contributed by atoms with Crippen molar-refractivity contribution >= 4 is 0 Å². The van der Waals surface area contributed by atoms with Gasteiger partial charge in [0.1, 0.15) is 0 Å². The van der Waals surface area contributed by atoms with Crippen LogP contribution in [0.3, 0.4) is 0 Å². The first-order valence-corrected chi connectivity index (χ1v) is 10.0. The van der Waals surface area contributed by atoms with Gasteiger partial charge in [-0.1, -0.05) is 25.8 Å². The second kappa shape index (κ2) is 6.99. The van der Waals surface area contributed by atoms with Crippen LogP contribution in [0.5, 0.6) is 0 Å². The minimum Gasteiger partial charge on any atom is -0.0625 e. The molecule has 0 aromatic heterocycles. The third-order valence-electron chi connectivity index (χ3n) is 7.46. The lowest BCUT2D eigenvalue weighted by molar-refractivity contribution is 0.165. The lowest BCUT2D eigenvalue weighted by atomic mass is 9.68. The molecule has 2 aliphatic carbocycles. The van der Waals surface area contributed by atoms with E-state index in [1.807, 2.05) is 0 Å². The Bertz CT molecular complexity index is 548. The van der Waals surface area contributed by atoms with E-state index in [0.29, 0.717) is 0 Å². The van der Waals surface area contributed by atoms with Crippen LogP contribution >= 0.6 is 0 Å². The molecule has 0 aliphatic heterocycles. The summed E-state index contributed by atoms with van der Waals surface area (Å²) in [5, 5.41) is 0. The number of hydrogen-bond acceptors (Lipinski definition) is 0. The number of hydrogen-bond donors (Lipinski definition) is 0. The molecule has 2 saturated carbocycles. The van der Waals surface area contributed by atoms with Gasteiger partial charge in [0.25, 0.3) is 0 Å². The fourth-order valence-electron chi connectivity index (χ4n) is 5.33. The highest BCUT2D eigenvalue weighted by molar-refractivity contribution is 5.45. The SMILES string of the molecule is Cc1cc(C2CCC(C3CCC(C)CC3)CC2)c(C)c(C)c1C.[HH].[HH]. The van der Waals surface area contributed by atoms with Gasteiger partial charge in [0.05, 0.1) is 0 Å². The van der Waals surface area contributed by atoms with Crippen LogP contribution in [0.4, 0.5) is 0 Å². The summed E-state index contributed by atoms with van der Waals surface area (Å²) in [5.74, 6) is 3.90. The van der Waals surface area contributed by atoms with Crippen LogP contribution in [-0.2, 0) is 0 Å². The molecule has 0 spiro atoms. The molecular formula is C23H40. The maximum absolute atomic E-state index is 2.50. The topological polar surface area (TPSA) is 0 Å².